The standard InChI is InChI=1S/C15H12BrClFNO/c16-8-1-3-10(12(17)5-8)15-7-13(19)11-4-2-9(18)6-14(11)20-15/h1-6,13,15H,7,19H2/t13-,15?/m1/s1. The molecule has 104 valence electrons. The summed E-state index contributed by atoms with van der Waals surface area (Å²) in [5.74, 6) is 0.159. The fourth-order valence-electron chi connectivity index (χ4n) is 2.43. The molecule has 2 nitrogen and oxygen atoms in total. The van der Waals surface area contributed by atoms with Gasteiger partial charge in [-0.25, -0.2) is 4.39 Å². The molecule has 1 unspecified atom stereocenters. The number of ether oxygens (including phenoxy) is 1. The largest absolute Gasteiger partial charge is 0.485 e. The van der Waals surface area contributed by atoms with Crippen molar-refractivity contribution in [1.29, 1.82) is 0 Å². The van der Waals surface area contributed by atoms with Crippen LogP contribution in [0.25, 0.3) is 0 Å². The van der Waals surface area contributed by atoms with Gasteiger partial charge in [0.25, 0.3) is 0 Å². The van der Waals surface area contributed by atoms with Gasteiger partial charge in [-0.15, -0.1) is 0 Å². The predicted molar refractivity (Wildman–Crippen MR) is 80.5 cm³/mol. The highest BCUT2D eigenvalue weighted by molar-refractivity contribution is 9.10. The van der Waals surface area contributed by atoms with Gasteiger partial charge in [-0.05, 0) is 18.2 Å². The van der Waals surface area contributed by atoms with E-state index >= 15 is 0 Å². The molecule has 1 heterocycles. The number of benzene rings is 2. The van der Waals surface area contributed by atoms with Crippen LogP contribution in [0.3, 0.4) is 0 Å². The Kier molecular flexibility index (Phi) is 3.71. The summed E-state index contributed by atoms with van der Waals surface area (Å²) < 4.78 is 20.1. The van der Waals surface area contributed by atoms with Gasteiger partial charge in [0.1, 0.15) is 17.7 Å². The van der Waals surface area contributed by atoms with E-state index in [0.717, 1.165) is 15.6 Å². The van der Waals surface area contributed by atoms with Gasteiger partial charge >= 0.3 is 0 Å². The zero-order valence-electron chi connectivity index (χ0n) is 10.4. The number of halogens is 3. The van der Waals surface area contributed by atoms with E-state index in [1.54, 1.807) is 6.07 Å². The number of fused-ring (bicyclic) bond motifs is 1. The lowest BCUT2D eigenvalue weighted by Crippen LogP contribution is -2.24. The maximum atomic E-state index is 13.3. The Morgan fingerprint density at radius 3 is 2.70 bits per heavy atom. The van der Waals surface area contributed by atoms with Gasteiger partial charge in [-0.2, -0.15) is 0 Å². The molecule has 0 aliphatic carbocycles. The van der Waals surface area contributed by atoms with Crippen LogP contribution in [0.1, 0.15) is 29.7 Å². The van der Waals surface area contributed by atoms with Crippen molar-refractivity contribution in [2.45, 2.75) is 18.6 Å². The monoisotopic (exact) mass is 355 g/mol. The summed E-state index contributed by atoms with van der Waals surface area (Å²) in [4.78, 5) is 0. The highest BCUT2D eigenvalue weighted by Gasteiger charge is 2.28. The SMILES string of the molecule is N[C@@H]1CC(c2ccc(Br)cc2Cl)Oc2cc(F)ccc21. The van der Waals surface area contributed by atoms with Crippen LogP contribution in [-0.4, -0.2) is 0 Å². The van der Waals surface area contributed by atoms with Gasteiger partial charge in [0, 0.05) is 39.2 Å². The average Bonchev–Trinajstić information content (AvgIpc) is 2.37. The topological polar surface area (TPSA) is 35.2 Å². The molecule has 20 heavy (non-hydrogen) atoms. The molecule has 0 radical (unpaired) electrons. The Morgan fingerprint density at radius 1 is 1.20 bits per heavy atom. The van der Waals surface area contributed by atoms with Crippen molar-refractivity contribution in [2.75, 3.05) is 0 Å². The maximum absolute atomic E-state index is 13.3. The van der Waals surface area contributed by atoms with Crippen LogP contribution in [0.2, 0.25) is 5.02 Å². The normalized spacial score (nSPS) is 21.2. The predicted octanol–water partition coefficient (Wildman–Crippen LogP) is 4.77. The first kappa shape index (κ1) is 13.9. The van der Waals surface area contributed by atoms with E-state index in [2.05, 4.69) is 15.9 Å². The molecule has 3 rings (SSSR count). The second-order valence-electron chi connectivity index (χ2n) is 4.80. The third-order valence-electron chi connectivity index (χ3n) is 3.42. The first-order chi connectivity index (χ1) is 9.54. The van der Waals surface area contributed by atoms with Crippen molar-refractivity contribution >= 4 is 27.5 Å². The molecule has 0 spiro atoms. The van der Waals surface area contributed by atoms with Gasteiger partial charge in [-0.3, -0.25) is 0 Å². The van der Waals surface area contributed by atoms with E-state index in [-0.39, 0.29) is 18.0 Å². The van der Waals surface area contributed by atoms with Gasteiger partial charge in [0.05, 0.1) is 0 Å². The zero-order chi connectivity index (χ0) is 14.3. The molecule has 0 amide bonds. The maximum Gasteiger partial charge on any atom is 0.127 e. The third-order valence-corrected chi connectivity index (χ3v) is 4.24. The molecule has 1 aliphatic rings. The summed E-state index contributed by atoms with van der Waals surface area (Å²) >= 11 is 9.61. The fraction of sp³-hybridized carbons (Fsp3) is 0.200. The van der Waals surface area contributed by atoms with E-state index < -0.39 is 0 Å². The van der Waals surface area contributed by atoms with Crippen LogP contribution < -0.4 is 10.5 Å². The quantitative estimate of drug-likeness (QED) is 0.799. The molecule has 2 aromatic carbocycles. The van der Waals surface area contributed by atoms with Crippen LogP contribution in [0.4, 0.5) is 4.39 Å². The summed E-state index contributed by atoms with van der Waals surface area (Å²) in [5.41, 5.74) is 7.84. The van der Waals surface area contributed by atoms with Crippen molar-refractivity contribution in [1.82, 2.24) is 0 Å². The van der Waals surface area contributed by atoms with Crippen molar-refractivity contribution in [3.8, 4) is 5.75 Å². The molecule has 1 aliphatic heterocycles. The fourth-order valence-corrected chi connectivity index (χ4v) is 3.22. The molecule has 2 aromatic rings. The summed E-state index contributed by atoms with van der Waals surface area (Å²) in [6, 6.07) is 9.86. The number of rotatable bonds is 1. The molecule has 0 saturated heterocycles. The Balaban J connectivity index is 1.98. The van der Waals surface area contributed by atoms with Crippen LogP contribution in [-0.2, 0) is 0 Å². The minimum atomic E-state index is -0.335. The van der Waals surface area contributed by atoms with E-state index in [1.807, 2.05) is 18.2 Å². The molecular formula is C15H12BrClFNO. The molecule has 2 atom stereocenters. The molecule has 0 aromatic heterocycles. The summed E-state index contributed by atoms with van der Waals surface area (Å²) in [6.45, 7) is 0. The number of hydrogen-bond donors (Lipinski definition) is 1. The van der Waals surface area contributed by atoms with Crippen LogP contribution in [0.5, 0.6) is 5.75 Å². The first-order valence-corrected chi connectivity index (χ1v) is 7.38. The van der Waals surface area contributed by atoms with Crippen molar-refractivity contribution in [3.63, 3.8) is 0 Å². The number of hydrogen-bond acceptors (Lipinski definition) is 2. The van der Waals surface area contributed by atoms with Gasteiger partial charge in [0.15, 0.2) is 0 Å². The van der Waals surface area contributed by atoms with Crippen LogP contribution in [0, 0.1) is 5.82 Å². The Hall–Kier alpha value is -1.10. The summed E-state index contributed by atoms with van der Waals surface area (Å²) in [7, 11) is 0. The smallest absolute Gasteiger partial charge is 0.127 e. The highest BCUT2D eigenvalue weighted by atomic mass is 79.9. The lowest BCUT2D eigenvalue weighted by Gasteiger charge is -2.31. The third kappa shape index (κ3) is 2.55. The Labute approximate surface area is 129 Å². The Morgan fingerprint density at radius 2 is 1.95 bits per heavy atom. The van der Waals surface area contributed by atoms with Gasteiger partial charge in [-0.1, -0.05) is 39.7 Å². The first-order valence-electron chi connectivity index (χ1n) is 6.21. The van der Waals surface area contributed by atoms with Crippen LogP contribution >= 0.6 is 27.5 Å². The summed E-state index contributed by atoms with van der Waals surface area (Å²) in [6.07, 6.45) is 0.347. The second-order valence-corrected chi connectivity index (χ2v) is 6.12. The lowest BCUT2D eigenvalue weighted by atomic mass is 9.93. The molecule has 0 bridgehead atoms. The minimum Gasteiger partial charge on any atom is -0.485 e. The second kappa shape index (κ2) is 5.35. The average molecular weight is 357 g/mol. The van der Waals surface area contributed by atoms with E-state index in [9.17, 15) is 4.39 Å². The van der Waals surface area contributed by atoms with E-state index in [0.29, 0.717) is 17.2 Å². The Bertz CT molecular complexity index is 664. The van der Waals surface area contributed by atoms with Gasteiger partial charge < -0.3 is 10.5 Å². The molecule has 0 saturated carbocycles. The van der Waals surface area contributed by atoms with Crippen molar-refractivity contribution in [2.24, 2.45) is 5.73 Å². The number of nitrogens with two attached hydrogens (primary N) is 1. The van der Waals surface area contributed by atoms with E-state index in [4.69, 9.17) is 22.1 Å². The van der Waals surface area contributed by atoms with Crippen molar-refractivity contribution in [3.05, 3.63) is 62.8 Å². The molecule has 0 fully saturated rings. The van der Waals surface area contributed by atoms with Gasteiger partial charge in [0.2, 0.25) is 0 Å². The zero-order valence-corrected chi connectivity index (χ0v) is 12.8. The van der Waals surface area contributed by atoms with E-state index in [1.165, 1.54) is 12.1 Å². The minimum absolute atomic E-state index is 0.191. The summed E-state index contributed by atoms with van der Waals surface area (Å²) in [5, 5.41) is 0.608. The highest BCUT2D eigenvalue weighted by Crippen LogP contribution is 2.42. The lowest BCUT2D eigenvalue weighted by molar-refractivity contribution is 0.161. The molecular weight excluding hydrogens is 345 g/mol. The molecule has 2 N–H and O–H groups in total. The van der Waals surface area contributed by atoms with Crippen LogP contribution in [0.15, 0.2) is 40.9 Å². The van der Waals surface area contributed by atoms with Crippen molar-refractivity contribution < 1.29 is 9.13 Å². The molecule has 5 heteroatoms.